The smallest absolute Gasteiger partial charge is 0.128 e. The highest BCUT2D eigenvalue weighted by atomic mass is 16.5. The molecule has 1 spiro atoms. The summed E-state index contributed by atoms with van der Waals surface area (Å²) in [6.45, 7) is 1.35. The van der Waals surface area contributed by atoms with Crippen LogP contribution in [0.2, 0.25) is 0 Å². The van der Waals surface area contributed by atoms with Gasteiger partial charge in [-0.15, -0.1) is 0 Å². The Hall–Kier alpha value is -1.55. The Labute approximate surface area is 88.1 Å². The van der Waals surface area contributed by atoms with E-state index in [4.69, 9.17) is 10.5 Å². The molecule has 0 aliphatic carbocycles. The van der Waals surface area contributed by atoms with Crippen molar-refractivity contribution in [2.75, 3.05) is 18.5 Å². The number of ether oxygens (including phenoxy) is 1. The number of anilines is 1. The molecule has 1 aromatic rings. The molecule has 1 unspecified atom stereocenters. The van der Waals surface area contributed by atoms with Gasteiger partial charge in [0.25, 0.3) is 0 Å². The third-order valence-corrected chi connectivity index (χ3v) is 3.03. The van der Waals surface area contributed by atoms with Crippen molar-refractivity contribution in [1.29, 1.82) is 0 Å². The highest BCUT2D eigenvalue weighted by molar-refractivity contribution is 5.99. The van der Waals surface area contributed by atoms with Crippen molar-refractivity contribution in [2.45, 2.75) is 12.0 Å². The summed E-state index contributed by atoms with van der Waals surface area (Å²) in [6, 6.07) is 7.93. The molecule has 2 aliphatic heterocycles. The summed E-state index contributed by atoms with van der Waals surface area (Å²) in [6.07, 6.45) is 0.886. The molecular formula is C11H13N3O. The first-order chi connectivity index (χ1) is 7.30. The normalized spacial score (nSPS) is 28.4. The number of amidine groups is 1. The van der Waals surface area contributed by atoms with Crippen LogP contribution in [-0.4, -0.2) is 24.6 Å². The molecule has 1 fully saturated rings. The van der Waals surface area contributed by atoms with Crippen LogP contribution >= 0.6 is 0 Å². The zero-order valence-electron chi connectivity index (χ0n) is 8.36. The highest BCUT2D eigenvalue weighted by Crippen LogP contribution is 2.35. The van der Waals surface area contributed by atoms with Gasteiger partial charge >= 0.3 is 0 Å². The predicted molar refractivity (Wildman–Crippen MR) is 59.5 cm³/mol. The van der Waals surface area contributed by atoms with E-state index in [1.807, 2.05) is 24.3 Å². The van der Waals surface area contributed by atoms with Crippen LogP contribution in [0.4, 0.5) is 11.4 Å². The molecule has 1 atom stereocenters. The number of hydrogen-bond donors (Lipinski definition) is 2. The Kier molecular flexibility index (Phi) is 1.73. The molecule has 4 nitrogen and oxygen atoms in total. The fourth-order valence-electron chi connectivity index (χ4n) is 2.10. The minimum absolute atomic E-state index is 0.269. The van der Waals surface area contributed by atoms with Gasteiger partial charge in [-0.05, 0) is 12.1 Å². The van der Waals surface area contributed by atoms with E-state index >= 15 is 0 Å². The zero-order valence-corrected chi connectivity index (χ0v) is 8.36. The molecular weight excluding hydrogens is 190 g/mol. The second-order valence-corrected chi connectivity index (χ2v) is 4.02. The summed E-state index contributed by atoms with van der Waals surface area (Å²) < 4.78 is 5.40. The van der Waals surface area contributed by atoms with E-state index < -0.39 is 0 Å². The van der Waals surface area contributed by atoms with Gasteiger partial charge in [0.15, 0.2) is 0 Å². The molecule has 0 amide bonds. The van der Waals surface area contributed by atoms with Crippen LogP contribution in [0, 0.1) is 0 Å². The van der Waals surface area contributed by atoms with Gasteiger partial charge in [-0.25, -0.2) is 4.99 Å². The van der Waals surface area contributed by atoms with Crippen molar-refractivity contribution in [3.05, 3.63) is 24.3 Å². The fraction of sp³-hybridized carbons (Fsp3) is 0.364. The molecule has 78 valence electrons. The largest absolute Gasteiger partial charge is 0.385 e. The number of hydrogen-bond acceptors (Lipinski definition) is 4. The van der Waals surface area contributed by atoms with E-state index in [0.717, 1.165) is 24.4 Å². The molecule has 3 rings (SSSR count). The van der Waals surface area contributed by atoms with Crippen molar-refractivity contribution in [2.24, 2.45) is 10.7 Å². The van der Waals surface area contributed by atoms with Gasteiger partial charge in [-0.1, -0.05) is 12.1 Å². The molecule has 1 aromatic carbocycles. The third-order valence-electron chi connectivity index (χ3n) is 3.03. The van der Waals surface area contributed by atoms with Crippen LogP contribution < -0.4 is 11.1 Å². The average molecular weight is 203 g/mol. The van der Waals surface area contributed by atoms with Crippen LogP contribution in [0.25, 0.3) is 0 Å². The standard InChI is InChI=1S/C11H13N3O/c12-10-11(5-6-15-7-11)14-9-4-2-1-3-8(9)13-10/h1-4,14H,5-7H2,(H2,12,13). The molecule has 4 heteroatoms. The Morgan fingerprint density at radius 3 is 3.07 bits per heavy atom. The van der Waals surface area contributed by atoms with Crippen LogP contribution in [0.5, 0.6) is 0 Å². The summed E-state index contributed by atoms with van der Waals surface area (Å²) in [4.78, 5) is 4.43. The Balaban J connectivity index is 2.07. The lowest BCUT2D eigenvalue weighted by molar-refractivity contribution is 0.190. The van der Waals surface area contributed by atoms with Crippen molar-refractivity contribution < 1.29 is 4.74 Å². The van der Waals surface area contributed by atoms with Crippen molar-refractivity contribution >= 4 is 17.2 Å². The Morgan fingerprint density at radius 1 is 1.40 bits per heavy atom. The number of nitrogens with two attached hydrogens (primary N) is 1. The summed E-state index contributed by atoms with van der Waals surface area (Å²) >= 11 is 0. The molecule has 0 saturated carbocycles. The summed E-state index contributed by atoms with van der Waals surface area (Å²) in [7, 11) is 0. The van der Waals surface area contributed by atoms with E-state index in [9.17, 15) is 0 Å². The second kappa shape index (κ2) is 2.97. The molecule has 15 heavy (non-hydrogen) atoms. The fourth-order valence-corrected chi connectivity index (χ4v) is 2.10. The van der Waals surface area contributed by atoms with Gasteiger partial charge in [-0.3, -0.25) is 0 Å². The first-order valence-electron chi connectivity index (χ1n) is 5.10. The predicted octanol–water partition coefficient (Wildman–Crippen LogP) is 1.26. The minimum atomic E-state index is -0.269. The number of fused-ring (bicyclic) bond motifs is 1. The van der Waals surface area contributed by atoms with Crippen molar-refractivity contribution in [1.82, 2.24) is 0 Å². The molecule has 3 N–H and O–H groups in total. The zero-order chi connectivity index (χ0) is 10.3. The molecule has 2 aliphatic rings. The quantitative estimate of drug-likeness (QED) is 0.667. The number of rotatable bonds is 0. The first kappa shape index (κ1) is 8.73. The Bertz CT molecular complexity index is 422. The number of benzene rings is 1. The summed E-state index contributed by atoms with van der Waals surface area (Å²) in [5, 5.41) is 3.44. The maximum atomic E-state index is 6.00. The summed E-state index contributed by atoms with van der Waals surface area (Å²) in [5.74, 6) is 0.638. The van der Waals surface area contributed by atoms with Crippen LogP contribution in [0.1, 0.15) is 6.42 Å². The lowest BCUT2D eigenvalue weighted by Gasteiger charge is -2.33. The van der Waals surface area contributed by atoms with Gasteiger partial charge < -0.3 is 15.8 Å². The third kappa shape index (κ3) is 1.22. The summed E-state index contributed by atoms with van der Waals surface area (Å²) in [5.41, 5.74) is 7.68. The van der Waals surface area contributed by atoms with Gasteiger partial charge in [0.2, 0.25) is 0 Å². The first-order valence-corrected chi connectivity index (χ1v) is 5.10. The number of nitrogens with zero attached hydrogens (tertiary/aromatic N) is 1. The van der Waals surface area contributed by atoms with Crippen LogP contribution in [0.15, 0.2) is 29.3 Å². The van der Waals surface area contributed by atoms with Gasteiger partial charge in [0.05, 0.1) is 18.0 Å². The molecule has 0 aromatic heterocycles. The number of aliphatic imine (C=N–C) groups is 1. The topological polar surface area (TPSA) is 59.6 Å². The van der Waals surface area contributed by atoms with E-state index in [1.165, 1.54) is 0 Å². The lowest BCUT2D eigenvalue weighted by atomic mass is 9.94. The Morgan fingerprint density at radius 2 is 2.27 bits per heavy atom. The number of nitrogens with one attached hydrogen (secondary N) is 1. The number of para-hydroxylation sites is 2. The lowest BCUT2D eigenvalue weighted by Crippen LogP contribution is -2.52. The van der Waals surface area contributed by atoms with Crippen molar-refractivity contribution in [3.8, 4) is 0 Å². The SMILES string of the molecule is NC1=Nc2ccccc2NC12CCOC2. The molecule has 1 saturated heterocycles. The maximum absolute atomic E-state index is 6.00. The average Bonchev–Trinajstić information content (AvgIpc) is 2.70. The molecule has 0 bridgehead atoms. The van der Waals surface area contributed by atoms with Crippen LogP contribution in [-0.2, 0) is 4.74 Å². The van der Waals surface area contributed by atoms with E-state index in [1.54, 1.807) is 0 Å². The highest BCUT2D eigenvalue weighted by Gasteiger charge is 2.41. The second-order valence-electron chi connectivity index (χ2n) is 4.02. The van der Waals surface area contributed by atoms with Gasteiger partial charge in [0.1, 0.15) is 11.4 Å². The van der Waals surface area contributed by atoms with Crippen molar-refractivity contribution in [3.63, 3.8) is 0 Å². The monoisotopic (exact) mass is 203 g/mol. The van der Waals surface area contributed by atoms with Gasteiger partial charge in [0, 0.05) is 13.0 Å². The molecule has 0 radical (unpaired) electrons. The van der Waals surface area contributed by atoms with Crippen LogP contribution in [0.3, 0.4) is 0 Å². The maximum Gasteiger partial charge on any atom is 0.128 e. The van der Waals surface area contributed by atoms with E-state index in [-0.39, 0.29) is 5.54 Å². The minimum Gasteiger partial charge on any atom is -0.385 e. The van der Waals surface area contributed by atoms with E-state index in [2.05, 4.69) is 10.3 Å². The van der Waals surface area contributed by atoms with E-state index in [0.29, 0.717) is 12.4 Å². The van der Waals surface area contributed by atoms with Gasteiger partial charge in [-0.2, -0.15) is 0 Å². The molecule has 2 heterocycles.